The minimum Gasteiger partial charge on any atom is -0.393 e. The molecule has 5 N–H and O–H groups in total. The Morgan fingerprint density at radius 3 is 1.94 bits per heavy atom. The lowest BCUT2D eigenvalue weighted by Crippen LogP contribution is -2.68. The summed E-state index contributed by atoms with van der Waals surface area (Å²) in [6, 6.07) is 0. The van der Waals surface area contributed by atoms with Gasteiger partial charge in [-0.15, -0.1) is 0 Å². The number of ether oxygens (including phenoxy) is 1. The third kappa shape index (κ3) is 2.09. The topological polar surface area (TPSA) is 110 Å². The van der Waals surface area contributed by atoms with E-state index in [1.54, 1.807) is 13.8 Å². The maximum atomic E-state index is 9.70. The summed E-state index contributed by atoms with van der Waals surface area (Å²) < 4.78 is 5.37. The highest BCUT2D eigenvalue weighted by Crippen LogP contribution is 2.32. The number of hydrogen-bond donors (Lipinski definition) is 5. The average Bonchev–Trinajstić information content (AvgIpc) is 2.27. The lowest BCUT2D eigenvalue weighted by atomic mass is 9.83. The van der Waals surface area contributed by atoms with Gasteiger partial charge in [0.05, 0.1) is 19.3 Å². The molecule has 0 aromatic rings. The Balaban J connectivity index is 2.97. The highest BCUT2D eigenvalue weighted by atomic mass is 16.6. The molecular formula is C10H20O6. The van der Waals surface area contributed by atoms with Gasteiger partial charge in [-0.2, -0.15) is 0 Å². The lowest BCUT2D eigenvalue weighted by molar-refractivity contribution is -0.293. The average molecular weight is 236 g/mol. The van der Waals surface area contributed by atoms with Crippen LogP contribution in [0.25, 0.3) is 0 Å². The Kier molecular flexibility index (Phi) is 4.28. The van der Waals surface area contributed by atoms with Crippen LogP contribution < -0.4 is 0 Å². The molecular weight excluding hydrogens is 216 g/mol. The summed E-state index contributed by atoms with van der Waals surface area (Å²) in [6.45, 7) is 2.30. The second kappa shape index (κ2) is 4.95. The van der Waals surface area contributed by atoms with E-state index >= 15 is 0 Å². The standard InChI is InChI=1S/C10H20O6/c1-5(2)8-6(13)7(14)9(15)10(3-11,4-12)16-8/h5-9,11-15H,3-4H2,1-2H3. The van der Waals surface area contributed by atoms with Gasteiger partial charge in [-0.3, -0.25) is 0 Å². The van der Waals surface area contributed by atoms with Crippen LogP contribution in [0.4, 0.5) is 0 Å². The molecule has 0 aliphatic carbocycles. The highest BCUT2D eigenvalue weighted by Gasteiger charge is 2.53. The van der Waals surface area contributed by atoms with Crippen molar-refractivity contribution < 1.29 is 30.3 Å². The van der Waals surface area contributed by atoms with Crippen LogP contribution in [-0.2, 0) is 4.74 Å². The van der Waals surface area contributed by atoms with Crippen molar-refractivity contribution in [3.05, 3.63) is 0 Å². The molecule has 1 fully saturated rings. The summed E-state index contributed by atoms with van der Waals surface area (Å²) in [5, 5.41) is 47.4. The van der Waals surface area contributed by atoms with Crippen LogP contribution in [0, 0.1) is 5.92 Å². The maximum absolute atomic E-state index is 9.70. The van der Waals surface area contributed by atoms with E-state index in [0.29, 0.717) is 0 Å². The van der Waals surface area contributed by atoms with Crippen LogP contribution in [0.2, 0.25) is 0 Å². The second-order valence-corrected chi connectivity index (χ2v) is 4.63. The van der Waals surface area contributed by atoms with E-state index < -0.39 is 43.2 Å². The van der Waals surface area contributed by atoms with E-state index in [4.69, 9.17) is 4.74 Å². The molecule has 1 aliphatic rings. The fraction of sp³-hybridized carbons (Fsp3) is 1.00. The van der Waals surface area contributed by atoms with Crippen molar-refractivity contribution in [2.75, 3.05) is 13.2 Å². The third-order valence-corrected chi connectivity index (χ3v) is 3.11. The Hall–Kier alpha value is -0.240. The molecule has 4 unspecified atom stereocenters. The zero-order valence-corrected chi connectivity index (χ0v) is 9.45. The number of rotatable bonds is 3. The van der Waals surface area contributed by atoms with Crippen LogP contribution in [0.5, 0.6) is 0 Å². The lowest BCUT2D eigenvalue weighted by Gasteiger charge is -2.48. The number of aliphatic hydroxyl groups is 5. The van der Waals surface area contributed by atoms with Gasteiger partial charge in [0.15, 0.2) is 0 Å². The molecule has 1 rings (SSSR count). The van der Waals surface area contributed by atoms with E-state index in [0.717, 1.165) is 0 Å². The summed E-state index contributed by atoms with van der Waals surface area (Å²) in [5.41, 5.74) is -1.62. The number of hydrogen-bond acceptors (Lipinski definition) is 6. The summed E-state index contributed by atoms with van der Waals surface area (Å²) >= 11 is 0. The van der Waals surface area contributed by atoms with Gasteiger partial charge in [-0.05, 0) is 5.92 Å². The SMILES string of the molecule is CC(C)C1OC(CO)(CO)C(O)C(O)C1O. The van der Waals surface area contributed by atoms with Gasteiger partial charge in [0.25, 0.3) is 0 Å². The molecule has 0 saturated carbocycles. The Bertz CT molecular complexity index is 227. The fourth-order valence-electron chi connectivity index (χ4n) is 1.94. The molecule has 0 amide bonds. The maximum Gasteiger partial charge on any atom is 0.143 e. The van der Waals surface area contributed by atoms with Crippen molar-refractivity contribution in [2.24, 2.45) is 5.92 Å². The molecule has 16 heavy (non-hydrogen) atoms. The van der Waals surface area contributed by atoms with Crippen LogP contribution in [-0.4, -0.2) is 68.8 Å². The summed E-state index contributed by atoms with van der Waals surface area (Å²) in [4.78, 5) is 0. The Morgan fingerprint density at radius 2 is 1.56 bits per heavy atom. The smallest absolute Gasteiger partial charge is 0.143 e. The molecule has 6 nitrogen and oxygen atoms in total. The molecule has 0 bridgehead atoms. The van der Waals surface area contributed by atoms with Gasteiger partial charge >= 0.3 is 0 Å². The molecule has 1 aliphatic heterocycles. The van der Waals surface area contributed by atoms with Crippen LogP contribution in [0.15, 0.2) is 0 Å². The molecule has 1 saturated heterocycles. The normalized spacial score (nSPS) is 39.0. The molecule has 4 atom stereocenters. The van der Waals surface area contributed by atoms with Crippen LogP contribution >= 0.6 is 0 Å². The molecule has 96 valence electrons. The first-order chi connectivity index (χ1) is 7.39. The van der Waals surface area contributed by atoms with E-state index in [2.05, 4.69) is 0 Å². The van der Waals surface area contributed by atoms with Crippen molar-refractivity contribution in [1.82, 2.24) is 0 Å². The minimum atomic E-state index is -1.62. The predicted octanol–water partition coefficient (Wildman–Crippen LogP) is -2.15. The molecule has 1 heterocycles. The summed E-state index contributed by atoms with van der Waals surface area (Å²) in [6.07, 6.45) is -4.94. The molecule has 0 aromatic carbocycles. The van der Waals surface area contributed by atoms with Crippen molar-refractivity contribution in [3.63, 3.8) is 0 Å². The van der Waals surface area contributed by atoms with Gasteiger partial charge < -0.3 is 30.3 Å². The molecule has 0 radical (unpaired) electrons. The first-order valence-corrected chi connectivity index (χ1v) is 5.33. The second-order valence-electron chi connectivity index (χ2n) is 4.63. The number of aliphatic hydroxyl groups excluding tert-OH is 5. The molecule has 0 spiro atoms. The highest BCUT2D eigenvalue weighted by molar-refractivity contribution is 5.02. The zero-order valence-electron chi connectivity index (χ0n) is 9.45. The van der Waals surface area contributed by atoms with Crippen molar-refractivity contribution in [2.45, 2.75) is 43.9 Å². The van der Waals surface area contributed by atoms with E-state index in [1.165, 1.54) is 0 Å². The van der Waals surface area contributed by atoms with Crippen molar-refractivity contribution in [3.8, 4) is 0 Å². The summed E-state index contributed by atoms with van der Waals surface area (Å²) in [7, 11) is 0. The van der Waals surface area contributed by atoms with E-state index in [1.807, 2.05) is 0 Å². The van der Waals surface area contributed by atoms with Crippen LogP contribution in [0.3, 0.4) is 0 Å². The first kappa shape index (κ1) is 13.8. The Labute approximate surface area is 94.1 Å². The zero-order chi connectivity index (χ0) is 12.5. The van der Waals surface area contributed by atoms with Crippen molar-refractivity contribution in [1.29, 1.82) is 0 Å². The van der Waals surface area contributed by atoms with Gasteiger partial charge in [-0.1, -0.05) is 13.8 Å². The molecule has 6 heteroatoms. The fourth-order valence-corrected chi connectivity index (χ4v) is 1.94. The van der Waals surface area contributed by atoms with Gasteiger partial charge in [-0.25, -0.2) is 0 Å². The van der Waals surface area contributed by atoms with Gasteiger partial charge in [0.2, 0.25) is 0 Å². The largest absolute Gasteiger partial charge is 0.393 e. The predicted molar refractivity (Wildman–Crippen MR) is 54.6 cm³/mol. The monoisotopic (exact) mass is 236 g/mol. The van der Waals surface area contributed by atoms with Crippen molar-refractivity contribution >= 4 is 0 Å². The summed E-state index contributed by atoms with van der Waals surface area (Å²) in [5.74, 6) is -0.116. The first-order valence-electron chi connectivity index (χ1n) is 5.33. The quantitative estimate of drug-likeness (QED) is 0.382. The van der Waals surface area contributed by atoms with Gasteiger partial charge in [0, 0.05) is 0 Å². The van der Waals surface area contributed by atoms with Gasteiger partial charge in [0.1, 0.15) is 23.9 Å². The Morgan fingerprint density at radius 1 is 1.06 bits per heavy atom. The van der Waals surface area contributed by atoms with E-state index in [9.17, 15) is 25.5 Å². The van der Waals surface area contributed by atoms with E-state index in [-0.39, 0.29) is 5.92 Å². The van der Waals surface area contributed by atoms with Crippen LogP contribution in [0.1, 0.15) is 13.8 Å². The molecule has 0 aromatic heterocycles. The third-order valence-electron chi connectivity index (χ3n) is 3.11. The minimum absolute atomic E-state index is 0.116.